The van der Waals surface area contributed by atoms with Gasteiger partial charge in [0.2, 0.25) is 11.8 Å². The zero-order valence-electron chi connectivity index (χ0n) is 15.1. The SMILES string of the molecule is CCN(CC(=O)Nc1ccccc1OC)CC(=O)Nc1cccc(Cl)c1Cl. The van der Waals surface area contributed by atoms with Crippen molar-refractivity contribution in [2.75, 3.05) is 37.4 Å². The van der Waals surface area contributed by atoms with E-state index in [4.69, 9.17) is 27.9 Å². The fourth-order valence-corrected chi connectivity index (χ4v) is 2.76. The van der Waals surface area contributed by atoms with Gasteiger partial charge < -0.3 is 15.4 Å². The van der Waals surface area contributed by atoms with E-state index in [1.165, 1.54) is 7.11 Å². The van der Waals surface area contributed by atoms with Crippen molar-refractivity contribution in [3.8, 4) is 5.75 Å². The van der Waals surface area contributed by atoms with Crippen molar-refractivity contribution in [3.63, 3.8) is 0 Å². The lowest BCUT2D eigenvalue weighted by atomic mass is 10.3. The van der Waals surface area contributed by atoms with Crippen LogP contribution >= 0.6 is 23.2 Å². The third kappa shape index (κ3) is 6.13. The summed E-state index contributed by atoms with van der Waals surface area (Å²) in [4.78, 5) is 26.3. The van der Waals surface area contributed by atoms with E-state index in [0.717, 1.165) is 0 Å². The second kappa shape index (κ2) is 10.2. The summed E-state index contributed by atoms with van der Waals surface area (Å²) in [5.74, 6) is 0.0447. The Balaban J connectivity index is 1.93. The van der Waals surface area contributed by atoms with Crippen molar-refractivity contribution in [2.24, 2.45) is 0 Å². The van der Waals surface area contributed by atoms with Crippen molar-refractivity contribution in [1.82, 2.24) is 4.90 Å². The van der Waals surface area contributed by atoms with Gasteiger partial charge in [-0.15, -0.1) is 0 Å². The third-order valence-corrected chi connectivity index (χ3v) is 4.61. The van der Waals surface area contributed by atoms with Crippen LogP contribution in [0.3, 0.4) is 0 Å². The third-order valence-electron chi connectivity index (χ3n) is 3.79. The Labute approximate surface area is 168 Å². The summed E-state index contributed by atoms with van der Waals surface area (Å²) < 4.78 is 5.21. The van der Waals surface area contributed by atoms with Crippen LogP contribution in [0.1, 0.15) is 6.92 Å². The largest absolute Gasteiger partial charge is 0.495 e. The van der Waals surface area contributed by atoms with Gasteiger partial charge in [0.1, 0.15) is 5.75 Å². The first-order chi connectivity index (χ1) is 12.9. The van der Waals surface area contributed by atoms with Gasteiger partial charge in [0.05, 0.1) is 41.6 Å². The fourth-order valence-electron chi connectivity index (χ4n) is 2.41. The van der Waals surface area contributed by atoms with Crippen molar-refractivity contribution in [3.05, 3.63) is 52.5 Å². The van der Waals surface area contributed by atoms with Gasteiger partial charge in [0, 0.05) is 0 Å². The molecule has 2 aromatic carbocycles. The number of likely N-dealkylation sites (N-methyl/N-ethyl adjacent to an activating group) is 1. The summed E-state index contributed by atoms with van der Waals surface area (Å²) in [7, 11) is 1.54. The van der Waals surface area contributed by atoms with Crippen LogP contribution in [0.5, 0.6) is 5.75 Å². The summed E-state index contributed by atoms with van der Waals surface area (Å²) in [6, 6.07) is 12.1. The van der Waals surface area contributed by atoms with E-state index in [2.05, 4.69) is 10.6 Å². The van der Waals surface area contributed by atoms with Crippen LogP contribution in [0.2, 0.25) is 10.0 Å². The quantitative estimate of drug-likeness (QED) is 0.693. The lowest BCUT2D eigenvalue weighted by Gasteiger charge is -2.20. The minimum absolute atomic E-state index is 0.0404. The van der Waals surface area contributed by atoms with Crippen LogP contribution in [-0.2, 0) is 9.59 Å². The second-order valence-electron chi connectivity index (χ2n) is 5.70. The molecule has 0 bridgehead atoms. The molecular formula is C19H21Cl2N3O3. The number of nitrogens with one attached hydrogen (secondary N) is 2. The van der Waals surface area contributed by atoms with E-state index in [1.807, 2.05) is 13.0 Å². The van der Waals surface area contributed by atoms with Crippen molar-refractivity contribution >= 4 is 46.4 Å². The van der Waals surface area contributed by atoms with Crippen molar-refractivity contribution in [1.29, 1.82) is 0 Å². The molecule has 0 spiro atoms. The molecule has 0 unspecified atom stereocenters. The Kier molecular flexibility index (Phi) is 7.91. The highest BCUT2D eigenvalue weighted by molar-refractivity contribution is 6.44. The fraction of sp³-hybridized carbons (Fsp3) is 0.263. The molecule has 2 aromatic rings. The smallest absolute Gasteiger partial charge is 0.238 e. The average molecular weight is 410 g/mol. The highest BCUT2D eigenvalue weighted by Crippen LogP contribution is 2.29. The molecule has 0 radical (unpaired) electrons. The van der Waals surface area contributed by atoms with E-state index in [1.54, 1.807) is 41.3 Å². The molecule has 6 nitrogen and oxygen atoms in total. The minimum atomic E-state index is -0.286. The lowest BCUT2D eigenvalue weighted by Crippen LogP contribution is -2.38. The highest BCUT2D eigenvalue weighted by atomic mass is 35.5. The topological polar surface area (TPSA) is 70.7 Å². The van der Waals surface area contributed by atoms with Gasteiger partial charge in [-0.05, 0) is 30.8 Å². The van der Waals surface area contributed by atoms with E-state index in [-0.39, 0.29) is 29.9 Å². The van der Waals surface area contributed by atoms with Crippen LogP contribution in [0.15, 0.2) is 42.5 Å². The van der Waals surface area contributed by atoms with E-state index in [0.29, 0.717) is 28.7 Å². The molecule has 0 aliphatic carbocycles. The predicted octanol–water partition coefficient (Wildman–Crippen LogP) is 3.90. The molecule has 0 aliphatic rings. The summed E-state index contributed by atoms with van der Waals surface area (Å²) in [6.45, 7) is 2.50. The summed E-state index contributed by atoms with van der Waals surface area (Å²) in [6.07, 6.45) is 0. The number of hydrogen-bond acceptors (Lipinski definition) is 4. The number of hydrogen-bond donors (Lipinski definition) is 2. The number of halogens is 2. The number of anilines is 2. The van der Waals surface area contributed by atoms with E-state index in [9.17, 15) is 9.59 Å². The Morgan fingerprint density at radius 2 is 1.56 bits per heavy atom. The zero-order chi connectivity index (χ0) is 19.8. The molecule has 2 amide bonds. The molecule has 0 aromatic heterocycles. The average Bonchev–Trinajstić information content (AvgIpc) is 2.65. The van der Waals surface area contributed by atoms with Gasteiger partial charge in [-0.2, -0.15) is 0 Å². The Hall–Kier alpha value is -2.28. The number of carbonyl (C=O) groups excluding carboxylic acids is 2. The lowest BCUT2D eigenvalue weighted by molar-refractivity contribution is -0.119. The predicted molar refractivity (Wildman–Crippen MR) is 109 cm³/mol. The van der Waals surface area contributed by atoms with E-state index < -0.39 is 0 Å². The van der Waals surface area contributed by atoms with Gasteiger partial charge in [-0.25, -0.2) is 0 Å². The molecule has 0 heterocycles. The number of carbonyl (C=O) groups is 2. The first-order valence-corrected chi connectivity index (χ1v) is 9.09. The number of amides is 2. The first kappa shape index (κ1) is 21.0. The summed E-state index contributed by atoms with van der Waals surface area (Å²) in [5.41, 5.74) is 1.01. The standard InChI is InChI=1S/C19H21Cl2N3O3/c1-3-24(11-17(25)22-14-8-4-5-10-16(14)27-2)12-18(26)23-15-9-6-7-13(20)19(15)21/h4-10H,3,11-12H2,1-2H3,(H,22,25)(H,23,26). The maximum absolute atomic E-state index is 12.3. The maximum Gasteiger partial charge on any atom is 0.238 e. The number of nitrogens with zero attached hydrogens (tertiary/aromatic N) is 1. The number of benzene rings is 2. The van der Waals surface area contributed by atoms with Gasteiger partial charge in [0.25, 0.3) is 0 Å². The minimum Gasteiger partial charge on any atom is -0.495 e. The Morgan fingerprint density at radius 3 is 2.19 bits per heavy atom. The van der Waals surface area contributed by atoms with Crippen molar-refractivity contribution < 1.29 is 14.3 Å². The van der Waals surface area contributed by atoms with Gasteiger partial charge in [-0.1, -0.05) is 48.3 Å². The van der Waals surface area contributed by atoms with Gasteiger partial charge in [0.15, 0.2) is 0 Å². The first-order valence-electron chi connectivity index (χ1n) is 8.33. The Morgan fingerprint density at radius 1 is 0.963 bits per heavy atom. The molecule has 144 valence electrons. The normalized spacial score (nSPS) is 10.6. The number of ether oxygens (including phenoxy) is 1. The van der Waals surface area contributed by atoms with E-state index >= 15 is 0 Å². The number of methoxy groups -OCH3 is 1. The molecule has 2 rings (SSSR count). The molecular weight excluding hydrogens is 389 g/mol. The number of para-hydroxylation sites is 2. The van der Waals surface area contributed by atoms with Gasteiger partial charge in [-0.3, -0.25) is 14.5 Å². The molecule has 8 heteroatoms. The zero-order valence-corrected chi connectivity index (χ0v) is 16.6. The monoisotopic (exact) mass is 409 g/mol. The number of rotatable bonds is 8. The highest BCUT2D eigenvalue weighted by Gasteiger charge is 2.15. The molecule has 2 N–H and O–H groups in total. The van der Waals surface area contributed by atoms with Crippen LogP contribution in [0.4, 0.5) is 11.4 Å². The van der Waals surface area contributed by atoms with Crippen LogP contribution in [-0.4, -0.2) is 43.5 Å². The molecule has 0 aliphatic heterocycles. The Bertz CT molecular complexity index is 815. The molecule has 0 saturated carbocycles. The van der Waals surface area contributed by atoms with Crippen LogP contribution in [0, 0.1) is 0 Å². The van der Waals surface area contributed by atoms with Crippen LogP contribution < -0.4 is 15.4 Å². The van der Waals surface area contributed by atoms with Gasteiger partial charge >= 0.3 is 0 Å². The molecule has 0 fully saturated rings. The second-order valence-corrected chi connectivity index (χ2v) is 6.49. The molecule has 0 saturated heterocycles. The summed E-state index contributed by atoms with van der Waals surface area (Å²) >= 11 is 12.0. The molecule has 27 heavy (non-hydrogen) atoms. The maximum atomic E-state index is 12.3. The van der Waals surface area contributed by atoms with Crippen molar-refractivity contribution in [2.45, 2.75) is 6.92 Å². The molecule has 0 atom stereocenters. The summed E-state index contributed by atoms with van der Waals surface area (Å²) in [5, 5.41) is 6.14. The van der Waals surface area contributed by atoms with Crippen LogP contribution in [0.25, 0.3) is 0 Å².